The first-order valence-corrected chi connectivity index (χ1v) is 7.50. The molecule has 0 aliphatic rings. The Kier molecular flexibility index (Phi) is 6.87. The summed E-state index contributed by atoms with van der Waals surface area (Å²) in [6.07, 6.45) is -7.92. The van der Waals surface area contributed by atoms with Gasteiger partial charge < -0.3 is 9.47 Å². The molecule has 7 heteroatoms. The number of alkyl halides is 3. The SMILES string of the molecule is COC(=O)C(CC(C)C)OC(c1ccc(Br)cc1)C(F)(F)F. The van der Waals surface area contributed by atoms with Gasteiger partial charge in [0.1, 0.15) is 0 Å². The van der Waals surface area contributed by atoms with Crippen LogP contribution in [0, 0.1) is 5.92 Å². The molecular formula is C15H18BrF3O3. The molecule has 22 heavy (non-hydrogen) atoms. The van der Waals surface area contributed by atoms with Crippen LogP contribution in [0.3, 0.4) is 0 Å². The van der Waals surface area contributed by atoms with Crippen molar-refractivity contribution in [2.24, 2.45) is 5.92 Å². The number of carbonyl (C=O) groups is 1. The highest BCUT2D eigenvalue weighted by molar-refractivity contribution is 9.10. The maximum Gasteiger partial charge on any atom is 0.418 e. The van der Waals surface area contributed by atoms with Gasteiger partial charge in [-0.15, -0.1) is 0 Å². The molecule has 124 valence electrons. The van der Waals surface area contributed by atoms with Crippen LogP contribution in [0.2, 0.25) is 0 Å². The predicted octanol–water partition coefficient (Wildman–Crippen LogP) is 4.66. The molecule has 1 rings (SSSR count). The summed E-state index contributed by atoms with van der Waals surface area (Å²) in [5, 5.41) is 0. The average molecular weight is 383 g/mol. The Hall–Kier alpha value is -1.08. The van der Waals surface area contributed by atoms with E-state index in [9.17, 15) is 18.0 Å². The number of halogens is 4. The molecule has 2 unspecified atom stereocenters. The summed E-state index contributed by atoms with van der Waals surface area (Å²) in [6, 6.07) is 5.61. The number of methoxy groups -OCH3 is 1. The van der Waals surface area contributed by atoms with Crippen LogP contribution in [0.25, 0.3) is 0 Å². The molecule has 0 saturated carbocycles. The van der Waals surface area contributed by atoms with Crippen LogP contribution < -0.4 is 0 Å². The largest absolute Gasteiger partial charge is 0.467 e. The lowest BCUT2D eigenvalue weighted by atomic mass is 10.0. The van der Waals surface area contributed by atoms with E-state index in [1.165, 1.54) is 24.3 Å². The van der Waals surface area contributed by atoms with Gasteiger partial charge in [0.05, 0.1) is 7.11 Å². The molecule has 0 spiro atoms. The minimum Gasteiger partial charge on any atom is -0.467 e. The Labute approximate surface area is 135 Å². The van der Waals surface area contributed by atoms with E-state index in [1.807, 2.05) is 0 Å². The third-order valence-electron chi connectivity index (χ3n) is 2.92. The van der Waals surface area contributed by atoms with E-state index in [4.69, 9.17) is 4.74 Å². The van der Waals surface area contributed by atoms with Crippen LogP contribution in [-0.2, 0) is 14.3 Å². The summed E-state index contributed by atoms with van der Waals surface area (Å²) < 4.78 is 50.1. The monoisotopic (exact) mass is 382 g/mol. The fraction of sp³-hybridized carbons (Fsp3) is 0.533. The van der Waals surface area contributed by atoms with Crippen LogP contribution >= 0.6 is 15.9 Å². The molecule has 3 nitrogen and oxygen atoms in total. The number of hydrogen-bond donors (Lipinski definition) is 0. The molecule has 0 bridgehead atoms. The highest BCUT2D eigenvalue weighted by Crippen LogP contribution is 2.38. The summed E-state index contributed by atoms with van der Waals surface area (Å²) in [6.45, 7) is 3.59. The molecule has 0 aliphatic heterocycles. The van der Waals surface area contributed by atoms with E-state index in [-0.39, 0.29) is 17.9 Å². The fourth-order valence-electron chi connectivity index (χ4n) is 1.91. The van der Waals surface area contributed by atoms with E-state index < -0.39 is 24.4 Å². The Morgan fingerprint density at radius 2 is 1.77 bits per heavy atom. The lowest BCUT2D eigenvalue weighted by molar-refractivity contribution is -0.240. The number of benzene rings is 1. The molecule has 0 fully saturated rings. The van der Waals surface area contributed by atoms with E-state index in [1.54, 1.807) is 13.8 Å². The van der Waals surface area contributed by atoms with E-state index in [2.05, 4.69) is 20.7 Å². The van der Waals surface area contributed by atoms with Crippen molar-refractivity contribution in [3.63, 3.8) is 0 Å². The van der Waals surface area contributed by atoms with Crippen molar-refractivity contribution in [2.45, 2.75) is 38.7 Å². The van der Waals surface area contributed by atoms with Crippen LogP contribution in [0.1, 0.15) is 31.9 Å². The number of esters is 1. The topological polar surface area (TPSA) is 35.5 Å². The first kappa shape index (κ1) is 19.0. The first-order chi connectivity index (χ1) is 10.1. The summed E-state index contributed by atoms with van der Waals surface area (Å²) in [4.78, 5) is 11.7. The van der Waals surface area contributed by atoms with Crippen molar-refractivity contribution in [1.82, 2.24) is 0 Å². The van der Waals surface area contributed by atoms with Gasteiger partial charge in [0.25, 0.3) is 0 Å². The summed E-state index contributed by atoms with van der Waals surface area (Å²) >= 11 is 3.17. The van der Waals surface area contributed by atoms with Gasteiger partial charge in [-0.3, -0.25) is 0 Å². The predicted molar refractivity (Wildman–Crippen MR) is 79.3 cm³/mol. The Morgan fingerprint density at radius 1 is 1.23 bits per heavy atom. The normalized spacial score (nSPS) is 14.7. The van der Waals surface area contributed by atoms with Gasteiger partial charge in [0.15, 0.2) is 12.2 Å². The average Bonchev–Trinajstić information content (AvgIpc) is 2.42. The van der Waals surface area contributed by atoms with Gasteiger partial charge in [0, 0.05) is 4.47 Å². The molecular weight excluding hydrogens is 365 g/mol. The second-order valence-corrected chi connectivity index (χ2v) is 6.17. The number of carbonyl (C=O) groups excluding carboxylic acids is 1. The molecule has 0 radical (unpaired) electrons. The molecule has 0 N–H and O–H groups in total. The zero-order valence-corrected chi connectivity index (χ0v) is 14.1. The van der Waals surface area contributed by atoms with Crippen molar-refractivity contribution >= 4 is 21.9 Å². The Balaban J connectivity index is 3.05. The van der Waals surface area contributed by atoms with Gasteiger partial charge in [-0.2, -0.15) is 13.2 Å². The van der Waals surface area contributed by atoms with Crippen LogP contribution in [0.15, 0.2) is 28.7 Å². The van der Waals surface area contributed by atoms with Crippen molar-refractivity contribution < 1.29 is 27.4 Å². The zero-order chi connectivity index (χ0) is 16.9. The van der Waals surface area contributed by atoms with Crippen LogP contribution in [0.5, 0.6) is 0 Å². The Bertz CT molecular complexity index is 486. The number of ether oxygens (including phenoxy) is 2. The highest BCUT2D eigenvalue weighted by Gasteiger charge is 2.44. The molecule has 2 atom stereocenters. The molecule has 0 amide bonds. The van der Waals surface area contributed by atoms with Gasteiger partial charge >= 0.3 is 12.1 Å². The van der Waals surface area contributed by atoms with Gasteiger partial charge in [-0.1, -0.05) is 41.9 Å². The minimum absolute atomic E-state index is 0.0112. The second kappa shape index (κ2) is 7.97. The quantitative estimate of drug-likeness (QED) is 0.671. The van der Waals surface area contributed by atoms with Gasteiger partial charge in [-0.05, 0) is 30.0 Å². The zero-order valence-electron chi connectivity index (χ0n) is 12.5. The molecule has 0 heterocycles. The van der Waals surface area contributed by atoms with Crippen LogP contribution in [-0.4, -0.2) is 25.4 Å². The smallest absolute Gasteiger partial charge is 0.418 e. The third kappa shape index (κ3) is 5.61. The van der Waals surface area contributed by atoms with Gasteiger partial charge in [0.2, 0.25) is 0 Å². The summed E-state index contributed by atoms with van der Waals surface area (Å²) in [7, 11) is 1.13. The maximum atomic E-state index is 13.3. The standard InChI is InChI=1S/C15H18BrF3O3/c1-9(2)8-12(14(20)21-3)22-13(15(17,18)19)10-4-6-11(16)7-5-10/h4-7,9,12-13H,8H2,1-3H3. The van der Waals surface area contributed by atoms with Crippen LogP contribution in [0.4, 0.5) is 13.2 Å². The Morgan fingerprint density at radius 3 is 2.18 bits per heavy atom. The molecule has 0 aromatic heterocycles. The minimum atomic E-state index is -4.63. The third-order valence-corrected chi connectivity index (χ3v) is 3.45. The maximum absolute atomic E-state index is 13.3. The first-order valence-electron chi connectivity index (χ1n) is 6.70. The summed E-state index contributed by atoms with van der Waals surface area (Å²) in [5.41, 5.74) is -0.0617. The van der Waals surface area contributed by atoms with E-state index in [0.29, 0.717) is 4.47 Å². The number of rotatable bonds is 6. The van der Waals surface area contributed by atoms with E-state index >= 15 is 0 Å². The van der Waals surface area contributed by atoms with Crippen molar-refractivity contribution in [1.29, 1.82) is 0 Å². The lowest BCUT2D eigenvalue weighted by Gasteiger charge is -2.26. The van der Waals surface area contributed by atoms with E-state index in [0.717, 1.165) is 7.11 Å². The summed E-state index contributed by atoms with van der Waals surface area (Å²) in [5.74, 6) is -0.817. The molecule has 1 aromatic carbocycles. The lowest BCUT2D eigenvalue weighted by Crippen LogP contribution is -2.34. The van der Waals surface area contributed by atoms with Crippen molar-refractivity contribution in [2.75, 3.05) is 7.11 Å². The fourth-order valence-corrected chi connectivity index (χ4v) is 2.18. The highest BCUT2D eigenvalue weighted by atomic mass is 79.9. The number of hydrogen-bond acceptors (Lipinski definition) is 3. The van der Waals surface area contributed by atoms with Crippen molar-refractivity contribution in [3.8, 4) is 0 Å². The molecule has 0 saturated heterocycles. The van der Waals surface area contributed by atoms with Crippen molar-refractivity contribution in [3.05, 3.63) is 34.3 Å². The molecule has 1 aromatic rings. The second-order valence-electron chi connectivity index (χ2n) is 5.25. The van der Waals surface area contributed by atoms with Gasteiger partial charge in [-0.25, -0.2) is 4.79 Å². The molecule has 0 aliphatic carbocycles.